The largest absolute Gasteiger partial charge is 0.508 e. The highest BCUT2D eigenvalue weighted by Crippen LogP contribution is 2.42. The molecule has 3 aromatic carbocycles. The Bertz CT molecular complexity index is 4790. The van der Waals surface area contributed by atoms with Gasteiger partial charge in [-0.1, -0.05) is 52.0 Å². The number of nitrogens with zero attached hydrogens (tertiary/aromatic N) is 1. The molecular weight excluding hydrogens is 1560 g/mol. The van der Waals surface area contributed by atoms with Crippen LogP contribution in [-0.4, -0.2) is 217 Å². The number of rotatable bonds is 45. The number of aromatic amines is 2. The number of nitrogens with one attached hydrogen (secondary N) is 15. The Labute approximate surface area is 680 Å². The number of aromatic hydroxyl groups is 1. The van der Waals surface area contributed by atoms with Crippen LogP contribution in [0.15, 0.2) is 107 Å². The van der Waals surface area contributed by atoms with Crippen molar-refractivity contribution in [3.05, 3.63) is 125 Å². The monoisotopic (exact) mass is 1660 g/mol. The molecule has 1 aliphatic heterocycles. The maximum atomic E-state index is 14.4. The van der Waals surface area contributed by atoms with Crippen molar-refractivity contribution in [1.82, 2.24) is 78.8 Å². The molecule has 0 radical (unpaired) electrons. The van der Waals surface area contributed by atoms with Crippen molar-refractivity contribution in [1.29, 1.82) is 0 Å². The smallest absolute Gasteiger partial charge is 0.336 e. The number of fused-ring (bicyclic) bond motifs is 3. The molecule has 9 atom stereocenters. The van der Waals surface area contributed by atoms with Gasteiger partial charge in [0, 0.05) is 83.4 Å². The van der Waals surface area contributed by atoms with Crippen LogP contribution >= 0.6 is 24.0 Å². The van der Waals surface area contributed by atoms with Crippen LogP contribution in [0.1, 0.15) is 101 Å². The molecule has 0 unspecified atom stereocenters. The fourth-order valence-corrected chi connectivity index (χ4v) is 13.0. The number of thiocarbonyl (C=S) groups is 1. The molecule has 2 aliphatic rings. The highest BCUT2D eigenvalue weighted by atomic mass is 32.2. The summed E-state index contributed by atoms with van der Waals surface area (Å²) in [6, 6.07) is 7.93. The van der Waals surface area contributed by atoms with Crippen molar-refractivity contribution in [2.45, 2.75) is 147 Å². The van der Waals surface area contributed by atoms with Gasteiger partial charge in [0.05, 0.1) is 49.9 Å². The number of anilines is 1. The third-order valence-electron chi connectivity index (χ3n) is 18.4. The van der Waals surface area contributed by atoms with Gasteiger partial charge in [-0.2, -0.15) is 11.8 Å². The van der Waals surface area contributed by atoms with Crippen molar-refractivity contribution in [2.75, 3.05) is 50.1 Å². The van der Waals surface area contributed by atoms with E-state index in [4.69, 9.17) is 33.8 Å². The number of benzene rings is 4. The van der Waals surface area contributed by atoms with Gasteiger partial charge in [0.15, 0.2) is 10.5 Å². The Morgan fingerprint density at radius 3 is 1.88 bits per heavy atom. The highest BCUT2D eigenvalue weighted by Gasteiger charge is 2.35. The van der Waals surface area contributed by atoms with Crippen LogP contribution < -0.4 is 91.7 Å². The van der Waals surface area contributed by atoms with Crippen LogP contribution in [0, 0.1) is 11.8 Å². The lowest BCUT2D eigenvalue weighted by Crippen LogP contribution is -2.59. The number of phenolic OH excluding ortho intramolecular Hbond substituents is 1. The molecule has 7 rings (SSSR count). The Morgan fingerprint density at radius 2 is 1.23 bits per heavy atom. The fraction of sp³-hybridized carbons (Fsp3) is 0.416. The molecule has 0 bridgehead atoms. The quantitative estimate of drug-likeness (QED) is 0.0122. The standard InChI is InChI=1S/C77H99N19O19S2/c1-38(2)25-55(73(110)93-53(67(80)104)22-24-117-6)94-74(111)57(28-43-32-81-37-87-43)91-63(102)35-86-75(112)66(39(3)4)96-68(105)40(5)88-72(109)56(26-41-31-83-52-13-8-7-11-46(41)52)95-71(108)54(20-21-61(79)100)90-62(101)34-85-70(107)58(36-97)92-64(103)33-84-69(106)51(78)12-9-10-23-82-77(116)89-42-14-17-47(50(27-42)76(113)114)65-48-18-15-44(98)29-59(48)115-60-30-45(99)16-19-49(60)65/h7-8,11,13-19,27,29-32,37-40,51,53-58,66,83,97-98H,9-10,12,20-26,28,33-36,78H2,1-6H3,(H2,79,100)(H2,80,104)(H,81,87)(H,84,106)(H,85,107)(H,86,112)(H,88,109)(H,90,101)(H,91,102)(H,92,103)(H,93,110)(H,94,111)(H,95,108)(H,96,105)(H,113,114)(H2,82,89,116)/t40-,51-,53-,54-,55-,56-,57-,58-,66-/m0/s1. The summed E-state index contributed by atoms with van der Waals surface area (Å²) in [5.74, 6) is -12.8. The first-order valence-corrected chi connectivity index (χ1v) is 39.2. The van der Waals surface area contributed by atoms with Gasteiger partial charge in [-0.05, 0) is 135 Å². The number of phenols is 1. The molecular formula is C77H99N19O19S2. The number of thioether (sulfide) groups is 1. The van der Waals surface area contributed by atoms with Gasteiger partial charge in [0.25, 0.3) is 0 Å². The number of carboxylic acids is 1. The molecule has 0 fully saturated rings. The molecule has 1 aliphatic carbocycles. The van der Waals surface area contributed by atoms with Crippen molar-refractivity contribution in [3.63, 3.8) is 0 Å². The second kappa shape index (κ2) is 44.4. The minimum atomic E-state index is -1.67. The average molecular weight is 1660 g/mol. The number of aromatic nitrogens is 3. The van der Waals surface area contributed by atoms with E-state index in [-0.39, 0.29) is 71.2 Å². The number of carbonyl (C=O) groups is 14. The van der Waals surface area contributed by atoms with Crippen LogP contribution in [0.4, 0.5) is 5.69 Å². The fourth-order valence-electron chi connectivity index (χ4n) is 12.3. The number of H-pyrrole nitrogens is 2. The van der Waals surface area contributed by atoms with E-state index in [0.717, 1.165) is 0 Å². The Hall–Kier alpha value is -12.6. The van der Waals surface area contributed by atoms with Crippen molar-refractivity contribution in [3.8, 4) is 28.2 Å². The molecule has 628 valence electrons. The predicted molar refractivity (Wildman–Crippen MR) is 436 cm³/mol. The van der Waals surface area contributed by atoms with Gasteiger partial charge in [-0.3, -0.25) is 67.1 Å². The van der Waals surface area contributed by atoms with Crippen LogP contribution in [0.5, 0.6) is 5.75 Å². The molecule has 0 spiro atoms. The van der Waals surface area contributed by atoms with E-state index in [0.29, 0.717) is 75.1 Å². The van der Waals surface area contributed by atoms with Crippen LogP contribution in [0.2, 0.25) is 0 Å². The second-order valence-corrected chi connectivity index (χ2v) is 29.7. The number of nitrogens with two attached hydrogens (primary N) is 3. The molecule has 0 saturated heterocycles. The summed E-state index contributed by atoms with van der Waals surface area (Å²) < 4.78 is 5.91. The summed E-state index contributed by atoms with van der Waals surface area (Å²) >= 11 is 6.91. The number of hydrogen-bond donors (Lipinski definition) is 21. The first-order valence-electron chi connectivity index (χ1n) is 37.4. The predicted octanol–water partition coefficient (Wildman–Crippen LogP) is -1.11. The molecule has 2 aromatic heterocycles. The van der Waals surface area contributed by atoms with Gasteiger partial charge in [0.1, 0.15) is 65.4 Å². The second-order valence-electron chi connectivity index (χ2n) is 28.4. The molecule has 24 N–H and O–H groups in total. The zero-order valence-corrected chi connectivity index (χ0v) is 66.7. The molecule has 0 saturated carbocycles. The van der Waals surface area contributed by atoms with Gasteiger partial charge in [0.2, 0.25) is 76.8 Å². The molecule has 3 heterocycles. The van der Waals surface area contributed by atoms with Gasteiger partial charge >= 0.3 is 5.97 Å². The summed E-state index contributed by atoms with van der Waals surface area (Å²) in [5.41, 5.74) is 20.0. The van der Waals surface area contributed by atoms with Crippen molar-refractivity contribution >= 4 is 139 Å². The summed E-state index contributed by atoms with van der Waals surface area (Å²) in [7, 11) is 0. The van der Waals surface area contributed by atoms with Crippen LogP contribution in [0.3, 0.4) is 0 Å². The lowest BCUT2D eigenvalue weighted by atomic mass is 9.90. The Balaban J connectivity index is 0.878. The summed E-state index contributed by atoms with van der Waals surface area (Å²) in [5, 5.41) is 65.1. The Morgan fingerprint density at radius 1 is 0.607 bits per heavy atom. The lowest BCUT2D eigenvalue weighted by Gasteiger charge is -2.26. The number of para-hydroxylation sites is 1. The van der Waals surface area contributed by atoms with E-state index in [9.17, 15) is 87.2 Å². The average Bonchev–Trinajstić information content (AvgIpc) is 1.38. The van der Waals surface area contributed by atoms with E-state index in [1.165, 1.54) is 67.6 Å². The van der Waals surface area contributed by atoms with E-state index < -0.39 is 182 Å². The number of aliphatic hydroxyl groups is 1. The van der Waals surface area contributed by atoms with Crippen molar-refractivity contribution < 1.29 is 86.9 Å². The number of unbranched alkanes of at least 4 members (excludes halogenated alkanes) is 1. The van der Waals surface area contributed by atoms with Crippen molar-refractivity contribution in [2.24, 2.45) is 29.0 Å². The number of carbonyl (C=O) groups excluding carboxylic acids is 13. The van der Waals surface area contributed by atoms with E-state index in [1.807, 2.05) is 20.1 Å². The normalized spacial score (nSPS) is 13.5. The van der Waals surface area contributed by atoms with Gasteiger partial charge in [-0.25, -0.2) is 9.78 Å². The third kappa shape index (κ3) is 27.9. The summed E-state index contributed by atoms with van der Waals surface area (Å²) in [6.07, 6.45) is 6.35. The lowest BCUT2D eigenvalue weighted by molar-refractivity contribution is -0.135. The van der Waals surface area contributed by atoms with Gasteiger partial charge in [-0.15, -0.1) is 0 Å². The van der Waals surface area contributed by atoms with Crippen LogP contribution in [0.25, 0.3) is 44.3 Å². The molecule has 13 amide bonds. The van der Waals surface area contributed by atoms with E-state index >= 15 is 0 Å². The van der Waals surface area contributed by atoms with Crippen LogP contribution in [-0.2, 0) is 75.2 Å². The number of aliphatic hydroxyl groups excluding tert-OH is 1. The third-order valence-corrected chi connectivity index (χ3v) is 19.3. The highest BCUT2D eigenvalue weighted by molar-refractivity contribution is 7.98. The number of hydrogen-bond acceptors (Lipinski definition) is 22. The summed E-state index contributed by atoms with van der Waals surface area (Å²) in [6.45, 7) is 5.16. The first kappa shape index (κ1) is 91.6. The number of carboxylic acid groups (broad SMARTS) is 1. The first-order chi connectivity index (χ1) is 55.6. The SMILES string of the molecule is CSCC[C@H](NC(=O)[C@H](CC(C)C)NC(=O)[C@H](Cc1c[nH]cn1)NC(=O)CNC(=O)[C@@H](NC(=O)[C@H](C)NC(=O)[C@H](Cc1c[nH]c2ccccc12)NC(=O)[C@H](CCC(N)=O)NC(=O)CNC(=O)[C@H](CO)NC(=O)CNC(=O)[C@@H](N)CCCCNC(=S)Nc1ccc(-c2c3ccc(=O)cc-3oc3cc(O)ccc23)c(C(=O)O)c1)C(C)C)C(N)=O. The van der Waals surface area contributed by atoms with E-state index in [1.54, 1.807) is 62.5 Å². The number of aromatic carboxylic acids is 1. The Kier molecular flexibility index (Phi) is 34.7. The molecule has 117 heavy (non-hydrogen) atoms. The number of imidazole rings is 1. The summed E-state index contributed by atoms with van der Waals surface area (Å²) in [4.78, 5) is 209. The number of primary amides is 2. The number of amides is 13. The van der Waals surface area contributed by atoms with Gasteiger partial charge < -0.3 is 116 Å². The molecule has 5 aromatic rings. The zero-order chi connectivity index (χ0) is 85.7. The molecule has 38 nitrogen and oxygen atoms in total. The van der Waals surface area contributed by atoms with E-state index in [2.05, 4.69) is 84.1 Å². The minimum absolute atomic E-state index is 0.1000. The minimum Gasteiger partial charge on any atom is -0.508 e. The maximum Gasteiger partial charge on any atom is 0.336 e. The molecule has 40 heteroatoms. The maximum absolute atomic E-state index is 14.4. The zero-order valence-electron chi connectivity index (χ0n) is 65.1. The topological polar surface area (TPSA) is 609 Å².